The predicted molar refractivity (Wildman–Crippen MR) is 107 cm³/mol. The van der Waals surface area contributed by atoms with Gasteiger partial charge in [-0.25, -0.2) is 0 Å². The molecule has 0 bridgehead atoms. The Morgan fingerprint density at radius 1 is 0.654 bits per heavy atom. The molecule has 134 valence electrons. The zero-order chi connectivity index (χ0) is 17.1. The van der Waals surface area contributed by atoms with Crippen molar-refractivity contribution in [2.75, 3.05) is 0 Å². The van der Waals surface area contributed by atoms with Crippen LogP contribution in [0.2, 0.25) is 0 Å². The first-order valence-electron chi connectivity index (χ1n) is 8.92. The molecule has 2 aromatic carbocycles. The molecule has 2 aliphatic carbocycles. The summed E-state index contributed by atoms with van der Waals surface area (Å²) < 4.78 is 1.19. The predicted octanol–water partition coefficient (Wildman–Crippen LogP) is 7.57. The number of benzene rings is 2. The van der Waals surface area contributed by atoms with Gasteiger partial charge in [-0.2, -0.15) is 0 Å². The second kappa shape index (κ2) is 12.2. The van der Waals surface area contributed by atoms with Crippen LogP contribution in [0, 0.1) is 95.0 Å². The van der Waals surface area contributed by atoms with E-state index in [2.05, 4.69) is 28.9 Å². The largest absolute Gasteiger partial charge is 0.698 e. The van der Waals surface area contributed by atoms with Gasteiger partial charge in [0.05, 0.1) is 0 Å². The Kier molecular flexibility index (Phi) is 11.9. The fourth-order valence-electron chi connectivity index (χ4n) is 3.87. The topological polar surface area (TPSA) is 47.6 Å². The number of fused-ring (bicyclic) bond motifs is 2. The molecule has 4 rings (SSSR count). The van der Waals surface area contributed by atoms with Crippen LogP contribution in [0.25, 0.3) is 11.5 Å². The van der Waals surface area contributed by atoms with Gasteiger partial charge in [0.15, 0.2) is 0 Å². The van der Waals surface area contributed by atoms with E-state index in [1.807, 2.05) is 18.2 Å². The molecule has 2 radical (unpaired) electrons. The summed E-state index contributed by atoms with van der Waals surface area (Å²) in [5.41, 5.74) is 23.7. The third-order valence-electron chi connectivity index (χ3n) is 5.25. The summed E-state index contributed by atoms with van der Waals surface area (Å²) in [6.07, 6.45) is 9.63. The molecule has 2 N–H and O–H groups in total. The van der Waals surface area contributed by atoms with Gasteiger partial charge in [-0.05, 0) is 81.0 Å². The van der Waals surface area contributed by atoms with Crippen LogP contribution in [0.5, 0.6) is 0 Å². The molecule has 0 amide bonds. The third kappa shape index (κ3) is 6.20. The van der Waals surface area contributed by atoms with Gasteiger partial charge in [0, 0.05) is 92.6 Å². The molecular formula is C21H25Ac2BrN2-2. The van der Waals surface area contributed by atoms with E-state index in [0.29, 0.717) is 5.69 Å². The average Bonchev–Trinajstić information content (AvgIpc) is 2.63. The molecule has 2 aliphatic rings. The Balaban J connectivity index is 0.000000241. The van der Waals surface area contributed by atoms with E-state index in [0.717, 1.165) is 24.9 Å². The summed E-state index contributed by atoms with van der Waals surface area (Å²) >= 11 is 3.53. The number of rotatable bonds is 0. The van der Waals surface area contributed by atoms with Crippen LogP contribution in [0.15, 0.2) is 28.7 Å². The number of hydrogen-bond donors (Lipinski definition) is 0. The molecule has 0 saturated carbocycles. The van der Waals surface area contributed by atoms with Crippen molar-refractivity contribution >= 4 is 27.3 Å². The molecule has 0 spiro atoms. The molecule has 5 heteroatoms. The minimum Gasteiger partial charge on any atom is -0.698 e. The molecule has 0 unspecified atom stereocenters. The number of nitrogens with one attached hydrogen (secondary N) is 2. The van der Waals surface area contributed by atoms with Crippen molar-refractivity contribution in [2.24, 2.45) is 0 Å². The molecule has 2 nitrogen and oxygen atoms in total. The fourth-order valence-corrected chi connectivity index (χ4v) is 4.44. The van der Waals surface area contributed by atoms with Crippen molar-refractivity contribution in [3.63, 3.8) is 0 Å². The van der Waals surface area contributed by atoms with E-state index < -0.39 is 0 Å². The first-order valence-corrected chi connectivity index (χ1v) is 9.72. The molecule has 0 atom stereocenters. The van der Waals surface area contributed by atoms with Crippen LogP contribution in [0.3, 0.4) is 0 Å². The summed E-state index contributed by atoms with van der Waals surface area (Å²) in [6.45, 7) is 2.16. The zero-order valence-corrected chi connectivity index (χ0v) is 26.6. The standard InChI is InChI=1S/C11H14N.C10H11BrN.2Ac/c1-8-6-7-11(12)10-5-3-2-4-9(8)10;11-9-5-6-10(12)8-4-2-1-3-7(8)9;;/h6-7,12H,2-5H2,1H3;5-6,12H,1-4H2;;/q2*-1;;. The maximum atomic E-state index is 7.75. The summed E-state index contributed by atoms with van der Waals surface area (Å²) in [7, 11) is 0. The molecular weight excluding hydrogens is 814 g/mol. The van der Waals surface area contributed by atoms with Gasteiger partial charge in [0.25, 0.3) is 0 Å². The van der Waals surface area contributed by atoms with Crippen molar-refractivity contribution in [2.45, 2.75) is 58.3 Å². The molecule has 2 aromatic rings. The minimum atomic E-state index is 0. The quantitative estimate of drug-likeness (QED) is 0.263. The van der Waals surface area contributed by atoms with Crippen molar-refractivity contribution in [3.8, 4) is 0 Å². The Labute approximate surface area is 237 Å². The number of aryl methyl sites for hydroxylation is 1. The van der Waals surface area contributed by atoms with Gasteiger partial charge in [-0.15, -0.1) is 11.4 Å². The van der Waals surface area contributed by atoms with Gasteiger partial charge in [-0.3, -0.25) is 0 Å². The van der Waals surface area contributed by atoms with Crippen LogP contribution in [-0.4, -0.2) is 0 Å². The second-order valence-electron chi connectivity index (χ2n) is 6.85. The van der Waals surface area contributed by atoms with Gasteiger partial charge in [0.2, 0.25) is 0 Å². The molecule has 0 heterocycles. The Morgan fingerprint density at radius 3 is 1.58 bits per heavy atom. The average molecular weight is 839 g/mol. The molecule has 26 heavy (non-hydrogen) atoms. The minimum absolute atomic E-state index is 0. The van der Waals surface area contributed by atoms with E-state index in [-0.39, 0.29) is 88.1 Å². The summed E-state index contributed by atoms with van der Waals surface area (Å²) in [5.74, 6) is 0. The van der Waals surface area contributed by atoms with E-state index in [9.17, 15) is 0 Å². The van der Waals surface area contributed by atoms with E-state index in [1.165, 1.54) is 64.4 Å². The first-order chi connectivity index (χ1) is 11.6. The van der Waals surface area contributed by atoms with Crippen molar-refractivity contribution < 1.29 is 88.1 Å². The van der Waals surface area contributed by atoms with Crippen molar-refractivity contribution in [3.05, 3.63) is 68.0 Å². The maximum absolute atomic E-state index is 7.75. The normalized spacial score (nSPS) is 14.5. The summed E-state index contributed by atoms with van der Waals surface area (Å²) in [5, 5.41) is 0. The molecule has 0 aromatic heterocycles. The summed E-state index contributed by atoms with van der Waals surface area (Å²) in [4.78, 5) is 0. The Bertz CT molecular complexity index is 622. The van der Waals surface area contributed by atoms with E-state index >= 15 is 0 Å². The summed E-state index contributed by atoms with van der Waals surface area (Å²) in [6, 6.07) is 7.88. The fraction of sp³-hybridized carbons (Fsp3) is 0.429. The molecule has 0 fully saturated rings. The van der Waals surface area contributed by atoms with Gasteiger partial charge in [0.1, 0.15) is 0 Å². The second-order valence-corrected chi connectivity index (χ2v) is 7.71. The smallest absolute Gasteiger partial charge is 0.0209 e. The third-order valence-corrected chi connectivity index (χ3v) is 5.99. The number of halogens is 1. The van der Waals surface area contributed by atoms with E-state index in [1.54, 1.807) is 0 Å². The molecule has 0 aliphatic heterocycles. The molecule has 0 saturated heterocycles. The van der Waals surface area contributed by atoms with Crippen molar-refractivity contribution in [1.29, 1.82) is 0 Å². The Morgan fingerprint density at radius 2 is 1.08 bits per heavy atom. The van der Waals surface area contributed by atoms with Gasteiger partial charge in [-0.1, -0.05) is 45.3 Å². The van der Waals surface area contributed by atoms with Crippen LogP contribution < -0.4 is 0 Å². The maximum Gasteiger partial charge on any atom is 0.0209 e. The van der Waals surface area contributed by atoms with Crippen LogP contribution in [0.4, 0.5) is 11.4 Å². The van der Waals surface area contributed by atoms with Crippen LogP contribution in [0.1, 0.15) is 53.5 Å². The monoisotopic (exact) mass is 838 g/mol. The van der Waals surface area contributed by atoms with Gasteiger partial charge >= 0.3 is 0 Å². The van der Waals surface area contributed by atoms with Crippen molar-refractivity contribution in [1.82, 2.24) is 0 Å². The number of hydrogen-bond acceptors (Lipinski definition) is 0. The van der Waals surface area contributed by atoms with Crippen LogP contribution >= 0.6 is 15.9 Å². The first kappa shape index (κ1) is 25.4. The van der Waals surface area contributed by atoms with E-state index in [4.69, 9.17) is 11.5 Å². The zero-order valence-electron chi connectivity index (χ0n) is 15.5. The van der Waals surface area contributed by atoms with Gasteiger partial charge < -0.3 is 11.5 Å². The SMILES string of the molecule is Cc1ccc([NH-])c2c1CCCC2.[Ac].[Ac].[NH-]c1ccc(Br)c2c1CCCC2. The van der Waals surface area contributed by atoms with Crippen LogP contribution in [-0.2, 0) is 25.7 Å². The Hall–Kier alpha value is 1.40.